The predicted molar refractivity (Wildman–Crippen MR) is 114 cm³/mol. The van der Waals surface area contributed by atoms with Gasteiger partial charge in [-0.15, -0.1) is 22.7 Å². The Labute approximate surface area is 170 Å². The number of ether oxygens (including phenoxy) is 1. The lowest BCUT2D eigenvalue weighted by Gasteiger charge is -2.27. The minimum Gasteiger partial charge on any atom is -0.378 e. The first-order valence-corrected chi connectivity index (χ1v) is 10.9. The summed E-state index contributed by atoms with van der Waals surface area (Å²) < 4.78 is 5.36. The smallest absolute Gasteiger partial charge is 0.260 e. The molecule has 1 aliphatic heterocycles. The number of aromatic amines is 1. The quantitative estimate of drug-likeness (QED) is 0.664. The minimum atomic E-state index is -0.187. The Morgan fingerprint density at radius 3 is 2.86 bits per heavy atom. The topological polar surface area (TPSA) is 75.3 Å². The Bertz CT molecular complexity index is 1090. The van der Waals surface area contributed by atoms with Crippen LogP contribution in [0, 0.1) is 6.92 Å². The van der Waals surface area contributed by atoms with E-state index in [-0.39, 0.29) is 11.5 Å². The number of aryl methyl sites for hydroxylation is 2. The molecule has 3 aromatic heterocycles. The largest absolute Gasteiger partial charge is 0.378 e. The molecule has 8 heteroatoms. The minimum absolute atomic E-state index is 0.136. The fourth-order valence-corrected chi connectivity index (χ4v) is 5.18. The van der Waals surface area contributed by atoms with Gasteiger partial charge in [0.1, 0.15) is 10.7 Å². The highest BCUT2D eigenvalue weighted by Gasteiger charge is 2.25. The van der Waals surface area contributed by atoms with E-state index >= 15 is 0 Å². The Morgan fingerprint density at radius 2 is 2.18 bits per heavy atom. The summed E-state index contributed by atoms with van der Waals surface area (Å²) in [4.78, 5) is 38.1. The lowest BCUT2D eigenvalue weighted by atomic mass is 10.1. The molecule has 0 bridgehead atoms. The van der Waals surface area contributed by atoms with E-state index in [1.807, 2.05) is 37.4 Å². The van der Waals surface area contributed by atoms with E-state index in [2.05, 4.69) is 9.97 Å². The molecule has 1 fully saturated rings. The highest BCUT2D eigenvalue weighted by molar-refractivity contribution is 7.18. The van der Waals surface area contributed by atoms with Gasteiger partial charge in [-0.1, -0.05) is 13.0 Å². The Balaban J connectivity index is 1.84. The van der Waals surface area contributed by atoms with Crippen molar-refractivity contribution >= 4 is 50.4 Å². The maximum Gasteiger partial charge on any atom is 0.260 e. The van der Waals surface area contributed by atoms with Crippen molar-refractivity contribution in [1.29, 1.82) is 0 Å². The molecule has 6 nitrogen and oxygen atoms in total. The summed E-state index contributed by atoms with van der Waals surface area (Å²) in [7, 11) is 0. The zero-order valence-corrected chi connectivity index (χ0v) is 17.4. The lowest BCUT2D eigenvalue weighted by Crippen LogP contribution is -2.41. The molecule has 146 valence electrons. The Kier molecular flexibility index (Phi) is 5.43. The van der Waals surface area contributed by atoms with Crippen molar-refractivity contribution in [3.8, 4) is 0 Å². The summed E-state index contributed by atoms with van der Waals surface area (Å²) >= 11 is 3.04. The fourth-order valence-electron chi connectivity index (χ4n) is 3.41. The number of hydrogen-bond donors (Lipinski definition) is 1. The fraction of sp³-hybridized carbons (Fsp3) is 0.350. The number of nitrogens with zero attached hydrogens (tertiary/aromatic N) is 2. The van der Waals surface area contributed by atoms with Crippen LogP contribution in [0.15, 0.2) is 22.3 Å². The molecule has 0 radical (unpaired) electrons. The van der Waals surface area contributed by atoms with Gasteiger partial charge in [-0.25, -0.2) is 4.98 Å². The monoisotopic (exact) mass is 415 g/mol. The standard InChI is InChI=1S/C20H21N3O3S2/c1-3-14-12(2)28-19-16(14)18(24)21-17(22-19)15(11-13-5-4-10-27-13)20(25)23-6-8-26-9-7-23/h4-5,10-11H,3,6-9H2,1-2H3,(H,21,22,24)/b15-11+. The summed E-state index contributed by atoms with van der Waals surface area (Å²) in [6.45, 7) is 6.14. The first kappa shape index (κ1) is 19.0. The molecule has 0 saturated carbocycles. The van der Waals surface area contributed by atoms with Crippen LogP contribution in [0.2, 0.25) is 0 Å². The van der Waals surface area contributed by atoms with E-state index in [1.165, 1.54) is 22.7 Å². The molecule has 4 heterocycles. The molecule has 0 atom stereocenters. The highest BCUT2D eigenvalue weighted by Crippen LogP contribution is 2.29. The van der Waals surface area contributed by atoms with Crippen LogP contribution in [0.3, 0.4) is 0 Å². The number of rotatable bonds is 4. The first-order valence-electron chi connectivity index (χ1n) is 9.23. The van der Waals surface area contributed by atoms with Gasteiger partial charge in [0.05, 0.1) is 24.2 Å². The third-order valence-corrected chi connectivity index (χ3v) is 6.69. The van der Waals surface area contributed by atoms with Crippen LogP contribution in [-0.4, -0.2) is 47.1 Å². The second kappa shape index (κ2) is 7.98. The van der Waals surface area contributed by atoms with Crippen molar-refractivity contribution in [2.24, 2.45) is 0 Å². The van der Waals surface area contributed by atoms with E-state index in [9.17, 15) is 9.59 Å². The molecular weight excluding hydrogens is 394 g/mol. The molecule has 1 saturated heterocycles. The number of H-pyrrole nitrogens is 1. The van der Waals surface area contributed by atoms with Gasteiger partial charge in [0.2, 0.25) is 0 Å². The lowest BCUT2D eigenvalue weighted by molar-refractivity contribution is -0.128. The normalized spacial score (nSPS) is 15.4. The molecule has 3 aromatic rings. The predicted octanol–water partition coefficient (Wildman–Crippen LogP) is 3.32. The van der Waals surface area contributed by atoms with Crippen LogP contribution in [0.4, 0.5) is 0 Å². The number of hydrogen-bond acceptors (Lipinski definition) is 6. The summed E-state index contributed by atoms with van der Waals surface area (Å²) in [6.07, 6.45) is 2.59. The summed E-state index contributed by atoms with van der Waals surface area (Å²) in [5.41, 5.74) is 1.25. The molecule has 28 heavy (non-hydrogen) atoms. The summed E-state index contributed by atoms with van der Waals surface area (Å²) in [5, 5.41) is 2.60. The molecule has 0 aromatic carbocycles. The van der Waals surface area contributed by atoms with E-state index < -0.39 is 0 Å². The van der Waals surface area contributed by atoms with Crippen LogP contribution < -0.4 is 5.56 Å². The number of carbonyl (C=O) groups excluding carboxylic acids is 1. The van der Waals surface area contributed by atoms with Crippen LogP contribution in [-0.2, 0) is 16.0 Å². The summed E-state index contributed by atoms with van der Waals surface area (Å²) in [5.74, 6) is 0.189. The van der Waals surface area contributed by atoms with Gasteiger partial charge in [0, 0.05) is 22.8 Å². The second-order valence-corrected chi connectivity index (χ2v) is 8.75. The van der Waals surface area contributed by atoms with Gasteiger partial charge in [-0.2, -0.15) is 0 Å². The van der Waals surface area contributed by atoms with Crippen LogP contribution in [0.5, 0.6) is 0 Å². The molecule has 1 N–H and O–H groups in total. The van der Waals surface area contributed by atoms with Crippen LogP contribution in [0.25, 0.3) is 21.9 Å². The highest BCUT2D eigenvalue weighted by atomic mass is 32.1. The number of amides is 1. The SMILES string of the molecule is CCc1c(C)sc2nc(/C(=C\c3cccs3)C(=O)N3CCOCC3)[nH]c(=O)c12. The molecule has 4 rings (SSSR count). The van der Waals surface area contributed by atoms with Crippen LogP contribution >= 0.6 is 22.7 Å². The maximum absolute atomic E-state index is 13.2. The number of carbonyl (C=O) groups is 1. The van der Waals surface area contributed by atoms with Crippen molar-refractivity contribution < 1.29 is 9.53 Å². The van der Waals surface area contributed by atoms with Crippen LogP contribution in [0.1, 0.15) is 28.1 Å². The first-order chi connectivity index (χ1) is 13.6. The van der Waals surface area contributed by atoms with E-state index in [0.717, 1.165) is 21.7 Å². The zero-order chi connectivity index (χ0) is 19.7. The van der Waals surface area contributed by atoms with Crippen molar-refractivity contribution in [2.45, 2.75) is 20.3 Å². The van der Waals surface area contributed by atoms with Gasteiger partial charge in [0.15, 0.2) is 0 Å². The average molecular weight is 416 g/mol. The average Bonchev–Trinajstić information content (AvgIpc) is 3.33. The zero-order valence-electron chi connectivity index (χ0n) is 15.8. The second-order valence-electron chi connectivity index (χ2n) is 6.56. The number of aromatic nitrogens is 2. The number of fused-ring (bicyclic) bond motifs is 1. The molecule has 0 spiro atoms. The van der Waals surface area contributed by atoms with Gasteiger partial charge in [-0.05, 0) is 36.4 Å². The molecular formula is C20H21N3O3S2. The molecule has 0 unspecified atom stereocenters. The van der Waals surface area contributed by atoms with E-state index in [4.69, 9.17) is 4.74 Å². The maximum atomic E-state index is 13.2. The van der Waals surface area contributed by atoms with E-state index in [0.29, 0.717) is 47.9 Å². The third-order valence-electron chi connectivity index (χ3n) is 4.83. The molecule has 0 aliphatic carbocycles. The van der Waals surface area contributed by atoms with Gasteiger partial charge < -0.3 is 14.6 Å². The Morgan fingerprint density at radius 1 is 1.39 bits per heavy atom. The Hall–Kier alpha value is -2.29. The third kappa shape index (κ3) is 3.55. The van der Waals surface area contributed by atoms with Gasteiger partial charge in [-0.3, -0.25) is 9.59 Å². The van der Waals surface area contributed by atoms with E-state index in [1.54, 1.807) is 4.90 Å². The van der Waals surface area contributed by atoms with Crippen molar-refractivity contribution in [3.05, 3.63) is 49.0 Å². The number of morpholine rings is 1. The summed E-state index contributed by atoms with van der Waals surface area (Å²) in [6, 6.07) is 3.88. The van der Waals surface area contributed by atoms with Crippen molar-refractivity contribution in [2.75, 3.05) is 26.3 Å². The number of nitrogens with one attached hydrogen (secondary N) is 1. The van der Waals surface area contributed by atoms with Gasteiger partial charge >= 0.3 is 0 Å². The van der Waals surface area contributed by atoms with Crippen molar-refractivity contribution in [1.82, 2.24) is 14.9 Å². The number of thiophene rings is 2. The molecule has 1 aliphatic rings. The van der Waals surface area contributed by atoms with Crippen molar-refractivity contribution in [3.63, 3.8) is 0 Å². The molecule has 1 amide bonds. The van der Waals surface area contributed by atoms with Gasteiger partial charge in [0.25, 0.3) is 11.5 Å².